The lowest BCUT2D eigenvalue weighted by Gasteiger charge is -2.13. The van der Waals surface area contributed by atoms with Gasteiger partial charge in [-0.15, -0.1) is 0 Å². The molecule has 6 nitrogen and oxygen atoms in total. The predicted octanol–water partition coefficient (Wildman–Crippen LogP) is -1.27. The molecule has 0 saturated heterocycles. The van der Waals surface area contributed by atoms with Crippen molar-refractivity contribution in [1.82, 2.24) is 16.2 Å². The van der Waals surface area contributed by atoms with Crippen LogP contribution in [0.3, 0.4) is 0 Å². The third-order valence-electron chi connectivity index (χ3n) is 1.20. The molecule has 0 radical (unpaired) electrons. The van der Waals surface area contributed by atoms with Gasteiger partial charge < -0.3 is 11.1 Å². The van der Waals surface area contributed by atoms with Crippen LogP contribution in [0.25, 0.3) is 0 Å². The number of nitrogens with two attached hydrogens (primary N) is 1. The lowest BCUT2D eigenvalue weighted by atomic mass is 10.3. The van der Waals surface area contributed by atoms with Crippen molar-refractivity contribution in [2.24, 2.45) is 5.73 Å². The average Bonchev–Trinajstić information content (AvgIpc) is 2.14. The Morgan fingerprint density at radius 2 is 1.86 bits per heavy atom. The molecule has 0 aromatic carbocycles. The molecule has 5 N–H and O–H groups in total. The first-order valence-electron chi connectivity index (χ1n) is 4.54. The van der Waals surface area contributed by atoms with E-state index in [4.69, 9.17) is 5.73 Å². The second-order valence-electron chi connectivity index (χ2n) is 2.29. The van der Waals surface area contributed by atoms with Gasteiger partial charge in [0.25, 0.3) is 0 Å². The van der Waals surface area contributed by atoms with Crippen molar-refractivity contribution in [3.63, 3.8) is 0 Å². The topological polar surface area (TPSA) is 96.2 Å². The number of primary amides is 1. The normalized spacial score (nSPS) is 10.9. The highest BCUT2D eigenvalue weighted by molar-refractivity contribution is 5.85. The van der Waals surface area contributed by atoms with Crippen molar-refractivity contribution < 1.29 is 9.59 Å². The number of amides is 2. The first-order valence-corrected chi connectivity index (χ1v) is 4.54. The molecule has 1 unspecified atom stereocenters. The Balaban J connectivity index is 0. The molecule has 2 amide bonds. The first kappa shape index (κ1) is 15.3. The Morgan fingerprint density at radius 1 is 1.36 bits per heavy atom. The summed E-state index contributed by atoms with van der Waals surface area (Å²) in [7, 11) is 1.66. The molecule has 14 heavy (non-hydrogen) atoms. The maximum atomic E-state index is 10.7. The van der Waals surface area contributed by atoms with Gasteiger partial charge in [0.2, 0.25) is 11.8 Å². The van der Waals surface area contributed by atoms with Gasteiger partial charge >= 0.3 is 0 Å². The molecule has 0 aliphatic rings. The maximum Gasteiger partial charge on any atom is 0.241 e. The summed E-state index contributed by atoms with van der Waals surface area (Å²) in [5, 5.41) is 2.40. The smallest absolute Gasteiger partial charge is 0.241 e. The Hall–Kier alpha value is -1.14. The van der Waals surface area contributed by atoms with Crippen molar-refractivity contribution in [2.75, 3.05) is 13.6 Å². The second-order valence-corrected chi connectivity index (χ2v) is 2.29. The van der Waals surface area contributed by atoms with Crippen LogP contribution in [0.1, 0.15) is 20.8 Å². The van der Waals surface area contributed by atoms with E-state index in [1.807, 2.05) is 13.8 Å². The predicted molar refractivity (Wildman–Crippen MR) is 55.2 cm³/mol. The van der Waals surface area contributed by atoms with Crippen molar-refractivity contribution in [2.45, 2.75) is 26.8 Å². The Morgan fingerprint density at radius 3 is 2.14 bits per heavy atom. The zero-order valence-electron chi connectivity index (χ0n) is 9.18. The largest absolute Gasteiger partial charge is 0.368 e. The summed E-state index contributed by atoms with van der Waals surface area (Å²) in [4.78, 5) is 21.2. The number of hydrazine groups is 1. The van der Waals surface area contributed by atoms with Crippen LogP contribution < -0.4 is 21.9 Å². The first-order chi connectivity index (χ1) is 6.57. The summed E-state index contributed by atoms with van der Waals surface area (Å²) < 4.78 is 0. The summed E-state index contributed by atoms with van der Waals surface area (Å²) in [5.41, 5.74) is 10.3. The number of hydrogen-bond donors (Lipinski definition) is 4. The Kier molecular flexibility index (Phi) is 10.9. The van der Waals surface area contributed by atoms with Crippen LogP contribution in [0, 0.1) is 0 Å². The van der Waals surface area contributed by atoms with E-state index in [0.717, 1.165) is 0 Å². The second kappa shape index (κ2) is 9.94. The number of carbonyl (C=O) groups excluding carboxylic acids is 2. The van der Waals surface area contributed by atoms with E-state index in [1.54, 1.807) is 7.05 Å². The fraction of sp³-hybridized carbons (Fsp3) is 0.750. The van der Waals surface area contributed by atoms with E-state index < -0.39 is 11.9 Å². The Bertz CT molecular complexity index is 173. The molecule has 0 fully saturated rings. The molecule has 0 rings (SSSR count). The molecule has 0 saturated carbocycles. The van der Waals surface area contributed by atoms with Gasteiger partial charge in [0.15, 0.2) is 0 Å². The monoisotopic (exact) mass is 204 g/mol. The van der Waals surface area contributed by atoms with Crippen LogP contribution in [0.5, 0.6) is 0 Å². The summed E-state index contributed by atoms with van der Waals surface area (Å²) in [6.07, 6.45) is 0. The minimum atomic E-state index is -0.671. The van der Waals surface area contributed by atoms with E-state index >= 15 is 0 Å². The van der Waals surface area contributed by atoms with Gasteiger partial charge in [0.1, 0.15) is 6.04 Å². The summed E-state index contributed by atoms with van der Waals surface area (Å²) in [5.74, 6) is -0.843. The molecular weight excluding hydrogens is 184 g/mol. The molecule has 0 bridgehead atoms. The third kappa shape index (κ3) is 8.95. The van der Waals surface area contributed by atoms with Gasteiger partial charge in [-0.05, 0) is 7.05 Å². The molecule has 0 aliphatic carbocycles. The fourth-order valence-corrected chi connectivity index (χ4v) is 0.672. The number of hydrogen-bond acceptors (Lipinski definition) is 4. The summed E-state index contributed by atoms with van der Waals surface area (Å²) in [6.45, 7) is 5.60. The Labute approximate surface area is 84.6 Å². The highest BCUT2D eigenvalue weighted by atomic mass is 16.2. The number of nitrogens with one attached hydrogen (secondary N) is 3. The summed E-state index contributed by atoms with van der Waals surface area (Å²) >= 11 is 0. The van der Waals surface area contributed by atoms with Crippen molar-refractivity contribution in [1.29, 1.82) is 0 Å². The van der Waals surface area contributed by atoms with Crippen LogP contribution in [0.2, 0.25) is 0 Å². The molecule has 0 aromatic rings. The van der Waals surface area contributed by atoms with Crippen LogP contribution in [0.4, 0.5) is 0 Å². The molecular formula is C8H20N4O2. The van der Waals surface area contributed by atoms with E-state index in [-0.39, 0.29) is 12.5 Å². The van der Waals surface area contributed by atoms with Gasteiger partial charge in [0.05, 0.1) is 0 Å². The van der Waals surface area contributed by atoms with Crippen molar-refractivity contribution in [3.8, 4) is 0 Å². The zero-order valence-corrected chi connectivity index (χ0v) is 9.18. The van der Waals surface area contributed by atoms with Crippen LogP contribution in [0.15, 0.2) is 0 Å². The van der Waals surface area contributed by atoms with Crippen molar-refractivity contribution >= 4 is 11.8 Å². The van der Waals surface area contributed by atoms with E-state index in [9.17, 15) is 9.59 Å². The van der Waals surface area contributed by atoms with Crippen LogP contribution in [-0.2, 0) is 9.59 Å². The molecule has 6 heteroatoms. The third-order valence-corrected chi connectivity index (χ3v) is 1.20. The van der Waals surface area contributed by atoms with Gasteiger partial charge in [-0.2, -0.15) is 0 Å². The molecule has 1 atom stereocenters. The van der Waals surface area contributed by atoms with Gasteiger partial charge in [-0.25, -0.2) is 0 Å². The number of carbonyl (C=O) groups is 2. The van der Waals surface area contributed by atoms with E-state index in [0.29, 0.717) is 0 Å². The van der Waals surface area contributed by atoms with Crippen molar-refractivity contribution in [3.05, 3.63) is 0 Å². The quantitative estimate of drug-likeness (QED) is 0.420. The SMILES string of the molecule is CC.CNNCC(NC(C)=O)C(N)=O. The lowest BCUT2D eigenvalue weighted by Crippen LogP contribution is -2.51. The van der Waals surface area contributed by atoms with Gasteiger partial charge in [-0.1, -0.05) is 13.8 Å². The van der Waals surface area contributed by atoms with Crippen LogP contribution >= 0.6 is 0 Å². The minimum Gasteiger partial charge on any atom is -0.368 e. The maximum absolute atomic E-state index is 10.7. The lowest BCUT2D eigenvalue weighted by molar-refractivity contribution is -0.126. The standard InChI is InChI=1S/C6H14N4O2.C2H6/c1-4(11)10-5(6(7)12)3-9-8-2;1-2/h5,8-9H,3H2,1-2H3,(H2,7,12)(H,10,11);1-2H3. The molecule has 0 aliphatic heterocycles. The molecule has 0 aromatic heterocycles. The number of rotatable bonds is 5. The highest BCUT2D eigenvalue weighted by Gasteiger charge is 2.14. The van der Waals surface area contributed by atoms with E-state index in [1.165, 1.54) is 6.92 Å². The molecule has 84 valence electrons. The van der Waals surface area contributed by atoms with Crippen LogP contribution in [-0.4, -0.2) is 31.4 Å². The minimum absolute atomic E-state index is 0.269. The summed E-state index contributed by atoms with van der Waals surface area (Å²) in [6, 6.07) is -0.671. The average molecular weight is 204 g/mol. The zero-order chi connectivity index (χ0) is 11.6. The van der Waals surface area contributed by atoms with Gasteiger partial charge in [-0.3, -0.25) is 20.4 Å². The fourth-order valence-electron chi connectivity index (χ4n) is 0.672. The molecule has 0 heterocycles. The highest BCUT2D eigenvalue weighted by Crippen LogP contribution is 1.78. The van der Waals surface area contributed by atoms with Gasteiger partial charge in [0, 0.05) is 13.5 Å². The molecule has 0 spiro atoms. The van der Waals surface area contributed by atoms with E-state index in [2.05, 4.69) is 16.2 Å².